The Kier molecular flexibility index (Phi) is 6.80. The van der Waals surface area contributed by atoms with Gasteiger partial charge in [0.15, 0.2) is 5.58 Å². The third-order valence-electron chi connectivity index (χ3n) is 8.19. The Morgan fingerprint density at radius 3 is 2.70 bits per heavy atom. The van der Waals surface area contributed by atoms with Gasteiger partial charge in [0, 0.05) is 47.9 Å². The van der Waals surface area contributed by atoms with E-state index in [4.69, 9.17) is 20.9 Å². The largest absolute Gasteiger partial charge is 0.487 e. The van der Waals surface area contributed by atoms with E-state index >= 15 is 0 Å². The van der Waals surface area contributed by atoms with Gasteiger partial charge < -0.3 is 19.1 Å². The Balaban J connectivity index is 1.35. The highest BCUT2D eigenvalue weighted by Gasteiger charge is 2.39. The summed E-state index contributed by atoms with van der Waals surface area (Å²) in [6.45, 7) is 2.02. The van der Waals surface area contributed by atoms with Gasteiger partial charge in [-0.25, -0.2) is 0 Å². The number of rotatable bonds is 6. The molecule has 8 heteroatoms. The van der Waals surface area contributed by atoms with Crippen LogP contribution in [0.3, 0.4) is 0 Å². The lowest BCUT2D eigenvalue weighted by atomic mass is 9.85. The van der Waals surface area contributed by atoms with Crippen LogP contribution in [-0.4, -0.2) is 46.4 Å². The van der Waals surface area contributed by atoms with Crippen LogP contribution in [0.4, 0.5) is 0 Å². The van der Waals surface area contributed by atoms with Crippen LogP contribution in [0.1, 0.15) is 67.8 Å². The average molecular weight is 522 g/mol. The van der Waals surface area contributed by atoms with E-state index in [0.29, 0.717) is 42.3 Å². The minimum Gasteiger partial charge on any atom is -0.487 e. The minimum absolute atomic E-state index is 0.0529. The number of fused-ring (bicyclic) bond motifs is 2. The van der Waals surface area contributed by atoms with Crippen molar-refractivity contribution in [1.82, 2.24) is 15.0 Å². The fraction of sp³-hybridized carbons (Fsp3) is 0.483. The van der Waals surface area contributed by atoms with Crippen LogP contribution in [0, 0.1) is 5.92 Å². The Bertz CT molecular complexity index is 1320. The van der Waals surface area contributed by atoms with Crippen LogP contribution in [0.2, 0.25) is 5.02 Å². The molecule has 2 amide bonds. The second-order valence-corrected chi connectivity index (χ2v) is 10.8. The number of carbonyl (C=O) groups excluding carboxylic acids is 2. The number of carbonyl (C=O) groups is 2. The first-order valence-corrected chi connectivity index (χ1v) is 13.8. The molecule has 0 bridgehead atoms. The van der Waals surface area contributed by atoms with Gasteiger partial charge >= 0.3 is 0 Å². The number of likely N-dealkylation sites (tertiary alicyclic amines) is 1. The van der Waals surface area contributed by atoms with Crippen molar-refractivity contribution in [1.29, 1.82) is 0 Å². The van der Waals surface area contributed by atoms with Gasteiger partial charge in [0.25, 0.3) is 0 Å². The molecule has 194 valence electrons. The SMILES string of the molecule is O=C1CCCN1C[C@@H]1c2c(OCc3noc4ccccc34)ccc(Cl)c2CCN1C(=O)C1CCCCC1. The first kappa shape index (κ1) is 24.3. The van der Waals surface area contributed by atoms with E-state index in [1.54, 1.807) is 0 Å². The van der Waals surface area contributed by atoms with E-state index in [1.807, 2.05) is 46.2 Å². The summed E-state index contributed by atoms with van der Waals surface area (Å²) in [6.07, 6.45) is 7.36. The number of para-hydroxylation sites is 1. The summed E-state index contributed by atoms with van der Waals surface area (Å²) in [7, 11) is 0. The van der Waals surface area contributed by atoms with Crippen LogP contribution >= 0.6 is 11.6 Å². The normalized spacial score (nSPS) is 20.5. The van der Waals surface area contributed by atoms with Crippen molar-refractivity contribution in [3.63, 3.8) is 0 Å². The van der Waals surface area contributed by atoms with Crippen molar-refractivity contribution in [3.8, 4) is 5.75 Å². The Labute approximate surface area is 221 Å². The first-order valence-electron chi connectivity index (χ1n) is 13.5. The maximum atomic E-state index is 13.8. The highest BCUT2D eigenvalue weighted by Crippen LogP contribution is 2.42. The molecular formula is C29H32ClN3O4. The fourth-order valence-corrected chi connectivity index (χ4v) is 6.50. The summed E-state index contributed by atoms with van der Waals surface area (Å²) >= 11 is 6.71. The molecule has 1 atom stereocenters. The van der Waals surface area contributed by atoms with Crippen LogP contribution in [-0.2, 0) is 22.6 Å². The molecule has 3 aromatic rings. The summed E-state index contributed by atoms with van der Waals surface area (Å²) < 4.78 is 11.8. The highest BCUT2D eigenvalue weighted by atomic mass is 35.5. The zero-order chi connectivity index (χ0) is 25.4. The Morgan fingerprint density at radius 1 is 1.05 bits per heavy atom. The maximum Gasteiger partial charge on any atom is 0.226 e. The Hall–Kier alpha value is -3.06. The predicted octanol–water partition coefficient (Wildman–Crippen LogP) is 5.69. The number of aromatic nitrogens is 1. The number of amides is 2. The monoisotopic (exact) mass is 521 g/mol. The van der Waals surface area contributed by atoms with Gasteiger partial charge in [-0.05, 0) is 55.5 Å². The molecule has 0 radical (unpaired) electrons. The molecule has 3 aliphatic rings. The molecule has 0 N–H and O–H groups in total. The van der Waals surface area contributed by atoms with E-state index in [9.17, 15) is 9.59 Å². The summed E-state index contributed by atoms with van der Waals surface area (Å²) in [6, 6.07) is 11.2. The second-order valence-electron chi connectivity index (χ2n) is 10.4. The third-order valence-corrected chi connectivity index (χ3v) is 8.54. The van der Waals surface area contributed by atoms with Crippen LogP contribution in [0.5, 0.6) is 5.75 Å². The van der Waals surface area contributed by atoms with Crippen molar-refractivity contribution >= 4 is 34.4 Å². The lowest BCUT2D eigenvalue weighted by molar-refractivity contribution is -0.141. The van der Waals surface area contributed by atoms with Crippen LogP contribution in [0.15, 0.2) is 40.9 Å². The average Bonchev–Trinajstić information content (AvgIpc) is 3.54. The van der Waals surface area contributed by atoms with Gasteiger partial charge in [0.2, 0.25) is 11.8 Å². The zero-order valence-corrected chi connectivity index (χ0v) is 21.7. The van der Waals surface area contributed by atoms with Crippen LogP contribution in [0.25, 0.3) is 11.0 Å². The molecule has 0 spiro atoms. The molecule has 1 aromatic heterocycles. The smallest absolute Gasteiger partial charge is 0.226 e. The molecule has 1 saturated carbocycles. The van der Waals surface area contributed by atoms with E-state index in [-0.39, 0.29) is 30.4 Å². The second kappa shape index (κ2) is 10.4. The summed E-state index contributed by atoms with van der Waals surface area (Å²) in [5, 5.41) is 5.81. The predicted molar refractivity (Wildman–Crippen MR) is 140 cm³/mol. The van der Waals surface area contributed by atoms with E-state index in [0.717, 1.165) is 60.9 Å². The number of benzene rings is 2. The van der Waals surface area contributed by atoms with Gasteiger partial charge in [-0.1, -0.05) is 48.2 Å². The lowest BCUT2D eigenvalue weighted by Crippen LogP contribution is -2.48. The molecule has 1 saturated heterocycles. The lowest BCUT2D eigenvalue weighted by Gasteiger charge is -2.42. The number of ether oxygens (including phenoxy) is 1. The number of nitrogens with zero attached hydrogens (tertiary/aromatic N) is 3. The molecule has 2 fully saturated rings. The Morgan fingerprint density at radius 2 is 1.89 bits per heavy atom. The first-order chi connectivity index (χ1) is 18.1. The summed E-state index contributed by atoms with van der Waals surface area (Å²) in [5.74, 6) is 1.09. The van der Waals surface area contributed by atoms with Crippen molar-refractivity contribution < 1.29 is 18.8 Å². The maximum absolute atomic E-state index is 13.8. The van der Waals surface area contributed by atoms with Gasteiger partial charge in [0.1, 0.15) is 18.1 Å². The van der Waals surface area contributed by atoms with E-state index in [1.165, 1.54) is 6.42 Å². The van der Waals surface area contributed by atoms with Gasteiger partial charge in [-0.2, -0.15) is 0 Å². The van der Waals surface area contributed by atoms with Gasteiger partial charge in [-0.15, -0.1) is 0 Å². The molecule has 3 heterocycles. The molecule has 7 nitrogen and oxygen atoms in total. The molecule has 2 aliphatic heterocycles. The van der Waals surface area contributed by atoms with E-state index < -0.39 is 0 Å². The van der Waals surface area contributed by atoms with Crippen molar-refractivity contribution in [3.05, 3.63) is 58.2 Å². The molecule has 1 aliphatic carbocycles. The topological polar surface area (TPSA) is 75.9 Å². The number of halogens is 1. The molecule has 2 aromatic carbocycles. The van der Waals surface area contributed by atoms with Crippen molar-refractivity contribution in [2.45, 2.75) is 64.0 Å². The third kappa shape index (κ3) is 4.70. The van der Waals surface area contributed by atoms with Gasteiger partial charge in [0.05, 0.1) is 6.04 Å². The quantitative estimate of drug-likeness (QED) is 0.416. The standard InChI is InChI=1S/C29H32ClN3O4/c30-22-12-13-26(36-18-23-21-9-4-5-10-25(21)37-31-23)28-20(22)14-16-33(29(35)19-7-2-1-3-8-19)24(28)17-32-15-6-11-27(32)34/h4-5,9-10,12-13,19,24H,1-3,6-8,11,14-18H2/t24-/m1/s1. The van der Waals surface area contributed by atoms with E-state index in [2.05, 4.69) is 5.16 Å². The zero-order valence-electron chi connectivity index (χ0n) is 21.0. The summed E-state index contributed by atoms with van der Waals surface area (Å²) in [5.41, 5.74) is 3.37. The fourth-order valence-electron chi connectivity index (χ4n) is 6.24. The summed E-state index contributed by atoms with van der Waals surface area (Å²) in [4.78, 5) is 30.4. The van der Waals surface area contributed by atoms with Crippen molar-refractivity contribution in [2.75, 3.05) is 19.6 Å². The van der Waals surface area contributed by atoms with Crippen molar-refractivity contribution in [2.24, 2.45) is 5.92 Å². The molecular weight excluding hydrogens is 490 g/mol. The molecule has 0 unspecified atom stereocenters. The minimum atomic E-state index is -0.289. The highest BCUT2D eigenvalue weighted by molar-refractivity contribution is 6.31. The molecule has 37 heavy (non-hydrogen) atoms. The molecule has 6 rings (SSSR count). The van der Waals surface area contributed by atoms with Gasteiger partial charge in [-0.3, -0.25) is 9.59 Å². The number of hydrogen-bond donors (Lipinski definition) is 0. The van der Waals surface area contributed by atoms with Crippen LogP contribution < -0.4 is 4.74 Å². The number of hydrogen-bond acceptors (Lipinski definition) is 5.